The average Bonchev–Trinajstić information content (AvgIpc) is 1.95. The summed E-state index contributed by atoms with van der Waals surface area (Å²) in [6, 6.07) is 0. The number of aliphatic hydroxyl groups excluding tert-OH is 1. The van der Waals surface area contributed by atoms with Gasteiger partial charge < -0.3 is 5.11 Å². The van der Waals surface area contributed by atoms with Crippen molar-refractivity contribution in [1.82, 2.24) is 0 Å². The predicted molar refractivity (Wildman–Crippen MR) is 65.4 cm³/mol. The summed E-state index contributed by atoms with van der Waals surface area (Å²) in [5.41, 5.74) is -0.0498. The molecule has 0 heterocycles. The Labute approximate surface area is 91.6 Å². The van der Waals surface area contributed by atoms with Crippen LogP contribution < -0.4 is 0 Å². The Morgan fingerprint density at radius 3 is 2.38 bits per heavy atom. The van der Waals surface area contributed by atoms with Gasteiger partial charge in [0, 0.05) is 10.6 Å². The molecule has 0 amide bonds. The molecule has 3 heteroatoms. The maximum Gasteiger partial charge on any atom is 0.0622 e. The van der Waals surface area contributed by atoms with Crippen molar-refractivity contribution >= 4 is 29.0 Å². The van der Waals surface area contributed by atoms with E-state index in [0.717, 1.165) is 0 Å². The third-order valence-corrected chi connectivity index (χ3v) is 2.17. The third kappa shape index (κ3) is 7.23. The van der Waals surface area contributed by atoms with Crippen molar-refractivity contribution in [1.29, 1.82) is 0 Å². The number of hydrogen-bond donors (Lipinski definition) is 2. The first-order chi connectivity index (χ1) is 5.84. The normalized spacial score (nSPS) is 14.8. The molecule has 0 aliphatic carbocycles. The van der Waals surface area contributed by atoms with Crippen LogP contribution in [0, 0.1) is 5.41 Å². The van der Waals surface area contributed by atoms with Crippen LogP contribution in [0.1, 0.15) is 33.6 Å². The molecule has 1 atom stereocenters. The predicted octanol–water partition coefficient (Wildman–Crippen LogP) is 2.99. The van der Waals surface area contributed by atoms with Crippen LogP contribution in [0.3, 0.4) is 0 Å². The summed E-state index contributed by atoms with van der Waals surface area (Å²) in [5, 5.41) is 9.65. The van der Waals surface area contributed by atoms with Crippen LogP contribution in [-0.4, -0.2) is 15.4 Å². The standard InChI is InChI=1S/C10H18OS2/c1-10(2,3)8(11)6-4-5-7-9(12)13/h4-5,8,11H,6-7H2,1-3H3,(H,12,13). The summed E-state index contributed by atoms with van der Waals surface area (Å²) in [4.78, 5) is 0. The van der Waals surface area contributed by atoms with Gasteiger partial charge in [-0.1, -0.05) is 45.1 Å². The Morgan fingerprint density at radius 2 is 2.00 bits per heavy atom. The zero-order valence-corrected chi connectivity index (χ0v) is 10.2. The zero-order valence-electron chi connectivity index (χ0n) is 8.45. The van der Waals surface area contributed by atoms with Crippen molar-refractivity contribution in [3.8, 4) is 0 Å². The van der Waals surface area contributed by atoms with E-state index in [9.17, 15) is 5.11 Å². The monoisotopic (exact) mass is 218 g/mol. The van der Waals surface area contributed by atoms with Crippen LogP contribution in [0.25, 0.3) is 0 Å². The first-order valence-electron chi connectivity index (χ1n) is 4.39. The van der Waals surface area contributed by atoms with Gasteiger partial charge in [-0.25, -0.2) is 0 Å². The van der Waals surface area contributed by atoms with Crippen molar-refractivity contribution < 1.29 is 5.11 Å². The number of thiol groups is 1. The van der Waals surface area contributed by atoms with E-state index in [4.69, 9.17) is 12.2 Å². The van der Waals surface area contributed by atoms with E-state index in [2.05, 4.69) is 12.6 Å². The lowest BCUT2D eigenvalue weighted by Gasteiger charge is -2.24. The number of aliphatic hydroxyl groups is 1. The highest BCUT2D eigenvalue weighted by Gasteiger charge is 2.20. The van der Waals surface area contributed by atoms with E-state index in [-0.39, 0.29) is 11.5 Å². The fourth-order valence-corrected chi connectivity index (χ4v) is 0.964. The first-order valence-corrected chi connectivity index (χ1v) is 5.24. The summed E-state index contributed by atoms with van der Waals surface area (Å²) in [6.07, 6.45) is 5.00. The molecule has 76 valence electrons. The maximum absolute atomic E-state index is 9.65. The van der Waals surface area contributed by atoms with Gasteiger partial charge in [0.05, 0.1) is 6.10 Å². The van der Waals surface area contributed by atoms with E-state index in [1.54, 1.807) is 0 Å². The lowest BCUT2D eigenvalue weighted by atomic mass is 9.87. The van der Waals surface area contributed by atoms with Gasteiger partial charge in [0.15, 0.2) is 0 Å². The van der Waals surface area contributed by atoms with E-state index in [1.807, 2.05) is 32.9 Å². The molecule has 13 heavy (non-hydrogen) atoms. The average molecular weight is 218 g/mol. The van der Waals surface area contributed by atoms with Gasteiger partial charge in [0.2, 0.25) is 0 Å². The lowest BCUT2D eigenvalue weighted by molar-refractivity contribution is 0.0659. The van der Waals surface area contributed by atoms with Gasteiger partial charge in [-0.2, -0.15) is 0 Å². The molecule has 0 aromatic carbocycles. The highest BCUT2D eigenvalue weighted by Crippen LogP contribution is 2.21. The molecule has 0 saturated heterocycles. The van der Waals surface area contributed by atoms with Gasteiger partial charge in [-0.15, -0.1) is 12.6 Å². The fourth-order valence-electron chi connectivity index (χ4n) is 0.763. The topological polar surface area (TPSA) is 20.2 Å². The number of rotatable bonds is 4. The minimum Gasteiger partial charge on any atom is -0.392 e. The Kier molecular flexibility index (Phi) is 5.85. The Morgan fingerprint density at radius 1 is 1.46 bits per heavy atom. The fraction of sp³-hybridized carbons (Fsp3) is 0.700. The highest BCUT2D eigenvalue weighted by molar-refractivity contribution is 8.11. The summed E-state index contributed by atoms with van der Waals surface area (Å²) in [5.74, 6) is 0. The van der Waals surface area contributed by atoms with Crippen LogP contribution >= 0.6 is 24.8 Å². The van der Waals surface area contributed by atoms with Crippen LogP contribution in [-0.2, 0) is 0 Å². The van der Waals surface area contributed by atoms with Gasteiger partial charge in [-0.05, 0) is 11.8 Å². The number of thiocarbonyl (C=S) groups is 1. The molecule has 0 radical (unpaired) electrons. The molecular weight excluding hydrogens is 200 g/mol. The second-order valence-electron chi connectivity index (χ2n) is 4.19. The van der Waals surface area contributed by atoms with Crippen molar-refractivity contribution in [3.63, 3.8) is 0 Å². The molecule has 0 rings (SSSR count). The number of hydrogen-bond acceptors (Lipinski definition) is 2. The summed E-state index contributed by atoms with van der Waals surface area (Å²) in [6.45, 7) is 6.07. The smallest absolute Gasteiger partial charge is 0.0622 e. The minimum absolute atomic E-state index is 0.0498. The van der Waals surface area contributed by atoms with Crippen LogP contribution in [0.4, 0.5) is 0 Å². The van der Waals surface area contributed by atoms with Crippen LogP contribution in [0.2, 0.25) is 0 Å². The second kappa shape index (κ2) is 5.78. The second-order valence-corrected chi connectivity index (χ2v) is 5.52. The highest BCUT2D eigenvalue weighted by atomic mass is 32.1. The molecule has 0 fully saturated rings. The first kappa shape index (κ1) is 13.1. The molecule has 0 aliphatic heterocycles. The van der Waals surface area contributed by atoms with E-state index in [0.29, 0.717) is 17.0 Å². The molecule has 1 N–H and O–H groups in total. The van der Waals surface area contributed by atoms with Crippen molar-refractivity contribution in [2.24, 2.45) is 5.41 Å². The lowest BCUT2D eigenvalue weighted by Crippen LogP contribution is -2.24. The summed E-state index contributed by atoms with van der Waals surface area (Å²) < 4.78 is 0.682. The SMILES string of the molecule is CC(C)(C)C(O)CC=CCC(=S)S. The van der Waals surface area contributed by atoms with Gasteiger partial charge in [0.1, 0.15) is 0 Å². The Hall–Kier alpha value is 0.140. The van der Waals surface area contributed by atoms with Crippen LogP contribution in [0.5, 0.6) is 0 Å². The molecule has 0 aromatic rings. The minimum atomic E-state index is -0.294. The molecule has 0 aromatic heterocycles. The molecule has 0 saturated carbocycles. The largest absolute Gasteiger partial charge is 0.392 e. The Bertz CT molecular complexity index is 192. The number of allylic oxidation sites excluding steroid dienone is 1. The van der Waals surface area contributed by atoms with E-state index >= 15 is 0 Å². The van der Waals surface area contributed by atoms with Crippen LogP contribution in [0.15, 0.2) is 12.2 Å². The Balaban J connectivity index is 3.76. The van der Waals surface area contributed by atoms with E-state index < -0.39 is 0 Å². The molecule has 1 unspecified atom stereocenters. The van der Waals surface area contributed by atoms with Crippen molar-refractivity contribution in [2.75, 3.05) is 0 Å². The summed E-state index contributed by atoms with van der Waals surface area (Å²) in [7, 11) is 0. The van der Waals surface area contributed by atoms with Crippen molar-refractivity contribution in [3.05, 3.63) is 12.2 Å². The molecule has 1 nitrogen and oxygen atoms in total. The van der Waals surface area contributed by atoms with Gasteiger partial charge in [-0.3, -0.25) is 0 Å². The van der Waals surface area contributed by atoms with E-state index in [1.165, 1.54) is 0 Å². The third-order valence-electron chi connectivity index (χ3n) is 1.82. The molecule has 0 aliphatic rings. The molecule has 0 bridgehead atoms. The quantitative estimate of drug-likeness (QED) is 0.430. The van der Waals surface area contributed by atoms with Crippen molar-refractivity contribution in [2.45, 2.75) is 39.7 Å². The molecule has 0 spiro atoms. The van der Waals surface area contributed by atoms with Gasteiger partial charge >= 0.3 is 0 Å². The zero-order chi connectivity index (χ0) is 10.5. The summed E-state index contributed by atoms with van der Waals surface area (Å²) >= 11 is 8.80. The van der Waals surface area contributed by atoms with Gasteiger partial charge in [0.25, 0.3) is 0 Å². The maximum atomic E-state index is 9.65. The molecular formula is C10H18OS2.